The predicted molar refractivity (Wildman–Crippen MR) is 120 cm³/mol. The molecule has 1 fully saturated rings. The summed E-state index contributed by atoms with van der Waals surface area (Å²) >= 11 is 0. The van der Waals surface area contributed by atoms with Crippen LogP contribution in [0.3, 0.4) is 0 Å². The molecule has 1 N–H and O–H groups in total. The molecule has 3 aromatic rings. The summed E-state index contributed by atoms with van der Waals surface area (Å²) in [6.45, 7) is 0.117. The summed E-state index contributed by atoms with van der Waals surface area (Å²) in [5.41, 5.74) is 3.46. The van der Waals surface area contributed by atoms with Crippen LogP contribution in [-0.2, 0) is 16.2 Å². The van der Waals surface area contributed by atoms with Crippen LogP contribution in [0.2, 0.25) is 0 Å². The number of carbonyl (C=O) groups excluding carboxylic acids is 2. The van der Waals surface area contributed by atoms with Gasteiger partial charge in [0.05, 0.1) is 10.6 Å². The molecule has 0 saturated carbocycles. The summed E-state index contributed by atoms with van der Waals surface area (Å²) in [5.74, 6) is -0.100. The van der Waals surface area contributed by atoms with E-state index in [2.05, 4.69) is 5.43 Å². The molecular weight excluding hydrogens is 442 g/mol. The number of amides is 2. The van der Waals surface area contributed by atoms with Gasteiger partial charge in [-0.15, -0.1) is 0 Å². The number of benzene rings is 3. The molecule has 10 nitrogen and oxygen atoms in total. The van der Waals surface area contributed by atoms with Gasteiger partial charge >= 0.3 is 5.69 Å². The van der Waals surface area contributed by atoms with E-state index >= 15 is 0 Å². The molecule has 0 aromatic heterocycles. The fourth-order valence-electron chi connectivity index (χ4n) is 3.61. The van der Waals surface area contributed by atoms with Crippen LogP contribution in [0.1, 0.15) is 11.1 Å². The number of nitrogens with one attached hydrogen (secondary N) is 1. The zero-order chi connectivity index (χ0) is 23.7. The lowest BCUT2D eigenvalue weighted by atomic mass is 10.1. The van der Waals surface area contributed by atoms with Crippen LogP contribution in [0, 0.1) is 10.1 Å². The summed E-state index contributed by atoms with van der Waals surface area (Å²) in [4.78, 5) is 36.5. The van der Waals surface area contributed by atoms with Gasteiger partial charge in [0.15, 0.2) is 11.5 Å². The maximum absolute atomic E-state index is 12.9. The number of hydrogen-bond acceptors (Lipinski definition) is 7. The first-order valence-electron chi connectivity index (χ1n) is 10.2. The van der Waals surface area contributed by atoms with Gasteiger partial charge in [0, 0.05) is 11.6 Å². The van der Waals surface area contributed by atoms with Gasteiger partial charge in [0.2, 0.25) is 12.5 Å². The third-order valence-electron chi connectivity index (χ3n) is 5.25. The molecule has 10 heteroatoms. The van der Waals surface area contributed by atoms with Crippen molar-refractivity contribution in [2.24, 2.45) is 0 Å². The zero-order valence-corrected chi connectivity index (χ0v) is 17.6. The third-order valence-corrected chi connectivity index (χ3v) is 5.25. The van der Waals surface area contributed by atoms with Crippen LogP contribution in [0.5, 0.6) is 17.2 Å². The molecule has 34 heavy (non-hydrogen) atoms. The molecule has 0 radical (unpaired) electrons. The molecule has 0 unspecified atom stereocenters. The van der Waals surface area contributed by atoms with Crippen LogP contribution >= 0.6 is 0 Å². The first-order chi connectivity index (χ1) is 16.5. The highest BCUT2D eigenvalue weighted by Gasteiger charge is 2.35. The number of fused-ring (bicyclic) bond motifs is 1. The van der Waals surface area contributed by atoms with Crippen LogP contribution in [-0.4, -0.2) is 23.5 Å². The molecule has 0 atom stereocenters. The fourth-order valence-corrected chi connectivity index (χ4v) is 3.61. The average molecular weight is 459 g/mol. The minimum Gasteiger partial charge on any atom is -0.482 e. The Kier molecular flexibility index (Phi) is 5.30. The number of hydrazine groups is 1. The van der Waals surface area contributed by atoms with Gasteiger partial charge in [-0.05, 0) is 35.9 Å². The second-order valence-electron chi connectivity index (χ2n) is 7.40. The van der Waals surface area contributed by atoms with E-state index in [9.17, 15) is 19.7 Å². The van der Waals surface area contributed by atoms with Crippen molar-refractivity contribution >= 4 is 29.3 Å². The van der Waals surface area contributed by atoms with E-state index in [4.69, 9.17) is 14.2 Å². The molecule has 2 amide bonds. The van der Waals surface area contributed by atoms with Crippen molar-refractivity contribution in [2.45, 2.75) is 6.61 Å². The number of para-hydroxylation sites is 2. The maximum atomic E-state index is 12.9. The number of anilines is 1. The van der Waals surface area contributed by atoms with Gasteiger partial charge in [-0.1, -0.05) is 36.4 Å². The lowest BCUT2D eigenvalue weighted by Crippen LogP contribution is -2.35. The van der Waals surface area contributed by atoms with E-state index in [0.717, 1.165) is 5.01 Å². The maximum Gasteiger partial charge on any atom is 0.311 e. The molecule has 2 heterocycles. The van der Waals surface area contributed by atoms with E-state index in [-0.39, 0.29) is 36.0 Å². The number of ether oxygens (including phenoxy) is 3. The minimum absolute atomic E-state index is 0.00600. The van der Waals surface area contributed by atoms with E-state index < -0.39 is 16.7 Å². The number of hydrogen-bond donors (Lipinski definition) is 1. The van der Waals surface area contributed by atoms with Gasteiger partial charge in [-0.3, -0.25) is 25.1 Å². The first kappa shape index (κ1) is 21.0. The van der Waals surface area contributed by atoms with Crippen molar-refractivity contribution in [3.05, 3.63) is 93.5 Å². The SMILES string of the molecule is O=C1NN(c2ccccc2)C(=O)/C1=C\c1cccc([N+](=O)[O-])c1OCc1ccc2c(c1)OCO2. The third kappa shape index (κ3) is 3.88. The largest absolute Gasteiger partial charge is 0.482 e. The van der Waals surface area contributed by atoms with Gasteiger partial charge in [0.25, 0.3) is 11.8 Å². The average Bonchev–Trinajstić information content (AvgIpc) is 3.43. The number of carbonyl (C=O) groups is 2. The Morgan fingerprint density at radius 3 is 2.62 bits per heavy atom. The standard InChI is InChI=1S/C24H17N3O7/c28-23-18(24(29)26(25-23)17-6-2-1-3-7-17)12-16-5-4-8-19(27(30)31)22(16)32-13-15-9-10-20-21(11-15)34-14-33-20/h1-12H,13-14H2,(H,25,28)/b18-12-. The van der Waals surface area contributed by atoms with E-state index in [1.54, 1.807) is 54.6 Å². The second-order valence-corrected chi connectivity index (χ2v) is 7.40. The van der Waals surface area contributed by atoms with Gasteiger partial charge < -0.3 is 14.2 Å². The number of nitro groups is 1. The Labute approximate surface area is 193 Å². The summed E-state index contributed by atoms with van der Waals surface area (Å²) in [7, 11) is 0. The van der Waals surface area contributed by atoms with E-state index in [1.807, 2.05) is 0 Å². The highest BCUT2D eigenvalue weighted by atomic mass is 16.7. The van der Waals surface area contributed by atoms with Crippen LogP contribution < -0.4 is 24.6 Å². The summed E-state index contributed by atoms with van der Waals surface area (Å²) in [6, 6.07) is 18.1. The fraction of sp³-hybridized carbons (Fsp3) is 0.0833. The van der Waals surface area contributed by atoms with Crippen LogP contribution in [0.15, 0.2) is 72.3 Å². The number of rotatable bonds is 6. The zero-order valence-electron chi connectivity index (χ0n) is 17.6. The lowest BCUT2D eigenvalue weighted by molar-refractivity contribution is -0.386. The first-order valence-corrected chi connectivity index (χ1v) is 10.2. The van der Waals surface area contributed by atoms with Crippen molar-refractivity contribution in [3.63, 3.8) is 0 Å². The molecule has 0 aliphatic carbocycles. The van der Waals surface area contributed by atoms with Gasteiger partial charge in [0.1, 0.15) is 12.2 Å². The second kappa shape index (κ2) is 8.58. The molecule has 5 rings (SSSR count). The molecule has 3 aromatic carbocycles. The van der Waals surface area contributed by atoms with Crippen LogP contribution in [0.25, 0.3) is 6.08 Å². The van der Waals surface area contributed by atoms with Crippen molar-refractivity contribution < 1.29 is 28.7 Å². The lowest BCUT2D eigenvalue weighted by Gasteiger charge is -2.14. The van der Waals surface area contributed by atoms with Gasteiger partial charge in [-0.2, -0.15) is 0 Å². The van der Waals surface area contributed by atoms with Crippen molar-refractivity contribution in [3.8, 4) is 17.2 Å². The molecule has 0 bridgehead atoms. The quantitative estimate of drug-likeness (QED) is 0.260. The smallest absolute Gasteiger partial charge is 0.311 e. The number of nitro benzene ring substituents is 1. The summed E-state index contributed by atoms with van der Waals surface area (Å²) in [5, 5.41) is 12.8. The van der Waals surface area contributed by atoms with Crippen molar-refractivity contribution in [1.29, 1.82) is 0 Å². The van der Waals surface area contributed by atoms with E-state index in [0.29, 0.717) is 22.7 Å². The van der Waals surface area contributed by atoms with E-state index in [1.165, 1.54) is 18.2 Å². The van der Waals surface area contributed by atoms with Crippen LogP contribution in [0.4, 0.5) is 11.4 Å². The molecular formula is C24H17N3O7. The Balaban J connectivity index is 1.46. The highest BCUT2D eigenvalue weighted by Crippen LogP contribution is 2.36. The topological polar surface area (TPSA) is 120 Å². The highest BCUT2D eigenvalue weighted by molar-refractivity contribution is 6.31. The number of nitrogens with zero attached hydrogens (tertiary/aromatic N) is 2. The van der Waals surface area contributed by atoms with Crippen molar-refractivity contribution in [1.82, 2.24) is 5.43 Å². The Hall–Kier alpha value is -4.86. The van der Waals surface area contributed by atoms with Crippen molar-refractivity contribution in [2.75, 3.05) is 11.8 Å². The molecule has 2 aliphatic rings. The monoisotopic (exact) mass is 459 g/mol. The summed E-state index contributed by atoms with van der Waals surface area (Å²) < 4.78 is 16.5. The Bertz CT molecular complexity index is 1340. The minimum atomic E-state index is -0.623. The molecule has 0 spiro atoms. The normalized spacial score (nSPS) is 15.5. The van der Waals surface area contributed by atoms with Gasteiger partial charge in [-0.25, -0.2) is 5.01 Å². The molecule has 2 aliphatic heterocycles. The molecule has 1 saturated heterocycles. The molecule has 170 valence electrons. The predicted octanol–water partition coefficient (Wildman–Crippen LogP) is 3.36. The Morgan fingerprint density at radius 1 is 1.03 bits per heavy atom. The summed E-state index contributed by atoms with van der Waals surface area (Å²) in [6.07, 6.45) is 1.29. The Morgan fingerprint density at radius 2 is 1.82 bits per heavy atom.